The summed E-state index contributed by atoms with van der Waals surface area (Å²) < 4.78 is 34.4. The van der Waals surface area contributed by atoms with Gasteiger partial charge < -0.3 is 15.4 Å². The fourth-order valence-corrected chi connectivity index (χ4v) is 4.91. The summed E-state index contributed by atoms with van der Waals surface area (Å²) in [6.07, 6.45) is 0. The largest absolute Gasteiger partial charge is 0.454 e. The van der Waals surface area contributed by atoms with Gasteiger partial charge in [0.05, 0.1) is 16.1 Å². The Kier molecular flexibility index (Phi) is 5.77. The van der Waals surface area contributed by atoms with Crippen LogP contribution in [0, 0.1) is 13.8 Å². The number of carbonyl (C=O) groups is 2. The number of halogens is 1. The molecule has 0 unspecified atom stereocenters. The molecule has 10 heteroatoms. The van der Waals surface area contributed by atoms with Crippen LogP contribution in [0.1, 0.15) is 28.4 Å². The molecule has 1 aliphatic heterocycles. The smallest absolute Gasteiger partial charge is 0.261 e. The van der Waals surface area contributed by atoms with Crippen molar-refractivity contribution in [1.29, 1.82) is 0 Å². The van der Waals surface area contributed by atoms with E-state index in [9.17, 15) is 18.0 Å². The predicted molar refractivity (Wildman–Crippen MR) is 127 cm³/mol. The number of anilines is 3. The van der Waals surface area contributed by atoms with Crippen LogP contribution < -0.4 is 20.1 Å². The Morgan fingerprint density at radius 3 is 2.33 bits per heavy atom. The molecule has 0 aliphatic carbocycles. The van der Waals surface area contributed by atoms with Gasteiger partial charge in [0, 0.05) is 23.3 Å². The molecule has 3 N–H and O–H groups in total. The summed E-state index contributed by atoms with van der Waals surface area (Å²) in [5.74, 6) is -0.00356. The number of carbonyl (C=O) groups excluding carboxylic acids is 2. The SMILES string of the molecule is CC(=O)Nc1c(C)cc(S(=O)(=O)Nc2ccc3c(c2)C(=O)Nc2cc(Cl)ccc2O3)cc1C. The molecule has 0 atom stereocenters. The van der Waals surface area contributed by atoms with Gasteiger partial charge >= 0.3 is 0 Å². The van der Waals surface area contributed by atoms with Gasteiger partial charge in [-0.15, -0.1) is 0 Å². The summed E-state index contributed by atoms with van der Waals surface area (Å²) in [4.78, 5) is 24.2. The molecule has 1 heterocycles. The van der Waals surface area contributed by atoms with Crippen molar-refractivity contribution in [2.24, 2.45) is 0 Å². The normalized spacial score (nSPS) is 12.5. The summed E-state index contributed by atoms with van der Waals surface area (Å²) in [6, 6.07) is 12.2. The topological polar surface area (TPSA) is 114 Å². The van der Waals surface area contributed by atoms with Crippen molar-refractivity contribution in [2.45, 2.75) is 25.7 Å². The van der Waals surface area contributed by atoms with Crippen LogP contribution in [0.4, 0.5) is 17.1 Å². The molecule has 1 aliphatic rings. The molecule has 3 aromatic carbocycles. The zero-order valence-electron chi connectivity index (χ0n) is 17.9. The van der Waals surface area contributed by atoms with E-state index in [0.717, 1.165) is 0 Å². The zero-order valence-corrected chi connectivity index (χ0v) is 19.5. The van der Waals surface area contributed by atoms with Crippen LogP contribution in [0.15, 0.2) is 53.4 Å². The van der Waals surface area contributed by atoms with Gasteiger partial charge in [-0.2, -0.15) is 0 Å². The first-order valence-electron chi connectivity index (χ1n) is 9.88. The number of ether oxygens (including phenoxy) is 1. The Balaban J connectivity index is 1.64. The first-order chi connectivity index (χ1) is 15.5. The van der Waals surface area contributed by atoms with E-state index < -0.39 is 15.9 Å². The van der Waals surface area contributed by atoms with Crippen LogP contribution in [0.3, 0.4) is 0 Å². The zero-order chi connectivity index (χ0) is 23.9. The monoisotopic (exact) mass is 485 g/mol. The lowest BCUT2D eigenvalue weighted by atomic mass is 10.1. The number of fused-ring (bicyclic) bond motifs is 2. The fraction of sp³-hybridized carbons (Fsp3) is 0.130. The van der Waals surface area contributed by atoms with Crippen molar-refractivity contribution in [1.82, 2.24) is 0 Å². The minimum Gasteiger partial charge on any atom is -0.454 e. The molecule has 0 fully saturated rings. The lowest BCUT2D eigenvalue weighted by Crippen LogP contribution is -2.16. The molecule has 0 radical (unpaired) electrons. The van der Waals surface area contributed by atoms with Gasteiger partial charge in [0.25, 0.3) is 15.9 Å². The Hall–Kier alpha value is -3.56. The molecule has 3 aromatic rings. The number of hydrogen-bond donors (Lipinski definition) is 3. The van der Waals surface area contributed by atoms with E-state index in [1.165, 1.54) is 37.3 Å². The lowest BCUT2D eigenvalue weighted by Gasteiger charge is -2.15. The maximum absolute atomic E-state index is 13.0. The Bertz CT molecular complexity index is 1400. The number of hydrogen-bond acceptors (Lipinski definition) is 5. The molecule has 0 spiro atoms. The van der Waals surface area contributed by atoms with Gasteiger partial charge in [-0.25, -0.2) is 8.42 Å². The third-order valence-electron chi connectivity index (χ3n) is 5.00. The summed E-state index contributed by atoms with van der Waals surface area (Å²) in [5.41, 5.74) is 2.55. The molecule has 4 rings (SSSR count). The van der Waals surface area contributed by atoms with Crippen molar-refractivity contribution in [3.63, 3.8) is 0 Å². The maximum Gasteiger partial charge on any atom is 0.261 e. The molecule has 33 heavy (non-hydrogen) atoms. The second-order valence-electron chi connectivity index (χ2n) is 7.63. The Morgan fingerprint density at radius 2 is 1.67 bits per heavy atom. The first kappa shape index (κ1) is 22.6. The predicted octanol–water partition coefficient (Wildman–Crippen LogP) is 5.07. The molecule has 8 nitrogen and oxygen atoms in total. The molecular weight excluding hydrogens is 466 g/mol. The van der Waals surface area contributed by atoms with Gasteiger partial charge in [-0.3, -0.25) is 14.3 Å². The third kappa shape index (κ3) is 4.64. The van der Waals surface area contributed by atoms with Crippen LogP contribution in [-0.2, 0) is 14.8 Å². The van der Waals surface area contributed by atoms with E-state index in [1.54, 1.807) is 32.0 Å². The maximum atomic E-state index is 13.0. The summed E-state index contributed by atoms with van der Waals surface area (Å²) in [6.45, 7) is 4.81. The summed E-state index contributed by atoms with van der Waals surface area (Å²) in [7, 11) is -3.97. The molecular formula is C23H20ClN3O5S. The third-order valence-corrected chi connectivity index (χ3v) is 6.60. The summed E-state index contributed by atoms with van der Waals surface area (Å²) >= 11 is 6.00. The van der Waals surface area contributed by atoms with Crippen LogP contribution >= 0.6 is 11.6 Å². The van der Waals surface area contributed by atoms with E-state index in [0.29, 0.717) is 33.3 Å². The van der Waals surface area contributed by atoms with E-state index in [2.05, 4.69) is 15.4 Å². The van der Waals surface area contributed by atoms with Crippen molar-refractivity contribution < 1.29 is 22.7 Å². The Labute approximate surface area is 196 Å². The quantitative estimate of drug-likeness (QED) is 0.477. The summed E-state index contributed by atoms with van der Waals surface area (Å²) in [5, 5.41) is 5.86. The highest BCUT2D eigenvalue weighted by Gasteiger charge is 2.23. The molecule has 0 aromatic heterocycles. The van der Waals surface area contributed by atoms with Gasteiger partial charge in [-0.1, -0.05) is 11.6 Å². The first-order valence-corrected chi connectivity index (χ1v) is 11.7. The fourth-order valence-electron chi connectivity index (χ4n) is 3.52. The van der Waals surface area contributed by atoms with Crippen molar-refractivity contribution in [3.8, 4) is 11.5 Å². The number of benzene rings is 3. The second kappa shape index (κ2) is 8.42. The Morgan fingerprint density at radius 1 is 1.00 bits per heavy atom. The number of aryl methyl sites for hydroxylation is 2. The van der Waals surface area contributed by atoms with Gasteiger partial charge in [0.15, 0.2) is 5.75 Å². The van der Waals surface area contributed by atoms with Gasteiger partial charge in [0.1, 0.15) is 5.75 Å². The number of nitrogens with one attached hydrogen (secondary N) is 3. The van der Waals surface area contributed by atoms with Gasteiger partial charge in [-0.05, 0) is 73.5 Å². The number of amides is 2. The lowest BCUT2D eigenvalue weighted by molar-refractivity contribution is -0.114. The van der Waals surface area contributed by atoms with Crippen molar-refractivity contribution in [2.75, 3.05) is 15.4 Å². The molecule has 0 saturated carbocycles. The minimum atomic E-state index is -3.97. The molecule has 170 valence electrons. The highest BCUT2D eigenvalue weighted by atomic mass is 35.5. The highest BCUT2D eigenvalue weighted by Crippen LogP contribution is 2.38. The van der Waals surface area contributed by atoms with E-state index in [-0.39, 0.29) is 27.8 Å². The van der Waals surface area contributed by atoms with E-state index >= 15 is 0 Å². The van der Waals surface area contributed by atoms with E-state index in [4.69, 9.17) is 16.3 Å². The van der Waals surface area contributed by atoms with E-state index in [1.807, 2.05) is 0 Å². The number of rotatable bonds is 4. The van der Waals surface area contributed by atoms with Crippen LogP contribution in [0.2, 0.25) is 5.02 Å². The highest BCUT2D eigenvalue weighted by molar-refractivity contribution is 7.92. The van der Waals surface area contributed by atoms with Crippen LogP contribution in [0.5, 0.6) is 11.5 Å². The van der Waals surface area contributed by atoms with Gasteiger partial charge in [0.2, 0.25) is 5.91 Å². The van der Waals surface area contributed by atoms with Crippen molar-refractivity contribution in [3.05, 3.63) is 70.2 Å². The van der Waals surface area contributed by atoms with Crippen LogP contribution in [-0.4, -0.2) is 20.2 Å². The number of sulfonamides is 1. The van der Waals surface area contributed by atoms with Crippen molar-refractivity contribution >= 4 is 50.5 Å². The average molecular weight is 486 g/mol. The molecule has 0 saturated heterocycles. The second-order valence-corrected chi connectivity index (χ2v) is 9.75. The molecule has 2 amide bonds. The molecule has 0 bridgehead atoms. The minimum absolute atomic E-state index is 0.0318. The standard InChI is InChI=1S/C23H20ClN3O5S/c1-12-8-17(9-13(2)22(12)25-14(3)28)33(30,31)27-16-5-7-20-18(11-16)23(29)26-19-10-15(24)4-6-21(19)32-20/h4-11,27H,1-3H3,(H,25,28)(H,26,29). The average Bonchev–Trinajstić information content (AvgIpc) is 2.85. The van der Waals surface area contributed by atoms with Crippen LogP contribution in [0.25, 0.3) is 0 Å².